The van der Waals surface area contributed by atoms with Crippen LogP contribution in [0.3, 0.4) is 0 Å². The van der Waals surface area contributed by atoms with Crippen molar-refractivity contribution in [1.82, 2.24) is 21.3 Å². The Morgan fingerprint density at radius 2 is 1.31 bits per heavy atom. The number of carboxylic acid groups (broad SMARTS) is 1. The maximum Gasteiger partial charge on any atom is 0.322 e. The van der Waals surface area contributed by atoms with Gasteiger partial charge in [-0.15, -0.1) is 0 Å². The summed E-state index contributed by atoms with van der Waals surface area (Å²) in [7, 11) is 0. The van der Waals surface area contributed by atoms with E-state index in [2.05, 4.69) is 21.3 Å². The summed E-state index contributed by atoms with van der Waals surface area (Å²) >= 11 is 0.814. The van der Waals surface area contributed by atoms with Crippen molar-refractivity contribution in [2.24, 2.45) is 0 Å². The molecule has 0 bridgehead atoms. The number of carbonyl (C=O) groups excluding carboxylic acids is 6. The van der Waals surface area contributed by atoms with Gasteiger partial charge in [0.2, 0.25) is 34.7 Å². The molecule has 0 aliphatic carbocycles. The van der Waals surface area contributed by atoms with Crippen LogP contribution in [0.25, 0.3) is 0 Å². The van der Waals surface area contributed by atoms with Crippen LogP contribution in [-0.4, -0.2) is 71.1 Å². The number of amides is 5. The maximum absolute atomic E-state index is 11.8. The second kappa shape index (κ2) is 14.3. The largest absolute Gasteiger partial charge is 0.480 e. The molecular weight excluding hydrogens is 444 g/mol. The molecule has 1 aromatic carbocycles. The maximum atomic E-state index is 11.8. The van der Waals surface area contributed by atoms with Crippen molar-refractivity contribution in [3.63, 3.8) is 0 Å². The van der Waals surface area contributed by atoms with Crippen molar-refractivity contribution in [2.45, 2.75) is 12.8 Å². The molecule has 1 heterocycles. The van der Waals surface area contributed by atoms with Crippen molar-refractivity contribution in [3.05, 3.63) is 35.9 Å². The Labute approximate surface area is 186 Å². The molecule has 0 atom stereocenters. The molecule has 1 aliphatic heterocycles. The molecule has 5 amide bonds. The molecule has 1 saturated heterocycles. The molecule has 1 fully saturated rings. The molecule has 1 aliphatic rings. The van der Waals surface area contributed by atoms with E-state index in [1.807, 2.05) is 0 Å². The highest BCUT2D eigenvalue weighted by Gasteiger charge is 2.15. The second-order valence-corrected chi connectivity index (χ2v) is 7.09. The van der Waals surface area contributed by atoms with Crippen LogP contribution < -0.4 is 21.3 Å². The molecule has 0 radical (unpaired) electrons. The topological polar surface area (TPSA) is 188 Å². The molecule has 12 nitrogen and oxygen atoms in total. The highest BCUT2D eigenvalue weighted by atomic mass is 32.2. The first-order valence-electron chi connectivity index (χ1n) is 9.24. The van der Waals surface area contributed by atoms with E-state index in [-0.39, 0.29) is 29.2 Å². The normalized spacial score (nSPS) is 12.0. The third-order valence-electron chi connectivity index (χ3n) is 3.53. The van der Waals surface area contributed by atoms with Crippen molar-refractivity contribution in [3.8, 4) is 0 Å². The van der Waals surface area contributed by atoms with Crippen LogP contribution in [0.4, 0.5) is 0 Å². The number of hydrogen-bond acceptors (Lipinski definition) is 8. The van der Waals surface area contributed by atoms with Gasteiger partial charge < -0.3 is 21.1 Å². The number of carbonyl (C=O) groups is 7. The minimum absolute atomic E-state index is 0.139. The van der Waals surface area contributed by atoms with Gasteiger partial charge in [-0.25, -0.2) is 0 Å². The summed E-state index contributed by atoms with van der Waals surface area (Å²) in [5.74, 6) is -3.41. The van der Waals surface area contributed by atoms with Crippen LogP contribution in [-0.2, 0) is 28.8 Å². The number of benzene rings is 1. The van der Waals surface area contributed by atoms with Gasteiger partial charge >= 0.3 is 5.97 Å². The Kier molecular flexibility index (Phi) is 11.7. The molecule has 0 aromatic heterocycles. The monoisotopic (exact) mass is 466 g/mol. The Morgan fingerprint density at radius 1 is 0.812 bits per heavy atom. The molecule has 172 valence electrons. The average Bonchev–Trinajstić information content (AvgIpc) is 3.16. The summed E-state index contributed by atoms with van der Waals surface area (Å²) in [5.41, 5.74) is 0.477. The van der Waals surface area contributed by atoms with E-state index in [1.54, 1.807) is 30.3 Å². The SMILES string of the molecule is O=C(O)CNC(=O)CNC(=O)CNC(=O)CSC(=O)c1ccccc1.O=C1CCC(=O)N1. The number of rotatable bonds is 9. The van der Waals surface area contributed by atoms with Gasteiger partial charge in [-0.1, -0.05) is 42.1 Å². The van der Waals surface area contributed by atoms with E-state index in [0.717, 1.165) is 11.8 Å². The zero-order valence-electron chi connectivity index (χ0n) is 16.8. The lowest BCUT2D eigenvalue weighted by Gasteiger charge is -2.07. The first kappa shape index (κ1) is 26.3. The van der Waals surface area contributed by atoms with Gasteiger partial charge in [0.15, 0.2) is 0 Å². The molecule has 0 saturated carbocycles. The van der Waals surface area contributed by atoms with E-state index < -0.39 is 36.8 Å². The first-order chi connectivity index (χ1) is 15.2. The third kappa shape index (κ3) is 12.1. The van der Waals surface area contributed by atoms with Crippen LogP contribution in [0, 0.1) is 0 Å². The lowest BCUT2D eigenvalue weighted by Crippen LogP contribution is -2.43. The third-order valence-corrected chi connectivity index (χ3v) is 4.44. The molecule has 13 heteroatoms. The lowest BCUT2D eigenvalue weighted by atomic mass is 10.2. The highest BCUT2D eigenvalue weighted by Crippen LogP contribution is 2.11. The number of nitrogens with one attached hydrogen (secondary N) is 4. The summed E-state index contributed by atoms with van der Waals surface area (Å²) in [6, 6.07) is 8.47. The van der Waals surface area contributed by atoms with Crippen molar-refractivity contribution < 1.29 is 38.7 Å². The van der Waals surface area contributed by atoms with Gasteiger partial charge in [-0.2, -0.15) is 0 Å². The minimum Gasteiger partial charge on any atom is -0.480 e. The quantitative estimate of drug-likeness (QED) is 0.267. The molecular formula is C19H22N4O8S. The van der Waals surface area contributed by atoms with Crippen molar-refractivity contribution in [2.75, 3.05) is 25.4 Å². The Bertz CT molecular complexity index is 861. The number of aliphatic carboxylic acids is 1. The molecule has 0 spiro atoms. The standard InChI is InChI=1S/C15H17N3O6S.C4H5NO2/c19-11(16-6-12(20)18-8-14(22)23)7-17-13(21)9-25-15(24)10-4-2-1-3-5-10;6-3-1-2-4(7)5-3/h1-5H,6-9H2,(H,16,19)(H,17,21)(H,18,20)(H,22,23);1-2H2,(H,5,6,7). The smallest absolute Gasteiger partial charge is 0.322 e. The van der Waals surface area contributed by atoms with Gasteiger partial charge in [-0.3, -0.25) is 38.9 Å². The Balaban J connectivity index is 0.000000616. The molecule has 32 heavy (non-hydrogen) atoms. The van der Waals surface area contributed by atoms with Crippen molar-refractivity contribution in [1.29, 1.82) is 0 Å². The van der Waals surface area contributed by atoms with Crippen LogP contribution in [0.5, 0.6) is 0 Å². The fraction of sp³-hybridized carbons (Fsp3) is 0.316. The van der Waals surface area contributed by atoms with E-state index >= 15 is 0 Å². The fourth-order valence-electron chi connectivity index (χ4n) is 2.00. The predicted octanol–water partition coefficient (Wildman–Crippen LogP) is -1.58. The fourth-order valence-corrected chi connectivity index (χ4v) is 2.67. The van der Waals surface area contributed by atoms with E-state index in [1.165, 1.54) is 0 Å². The molecule has 0 unspecified atom stereocenters. The van der Waals surface area contributed by atoms with Crippen LogP contribution >= 0.6 is 11.8 Å². The van der Waals surface area contributed by atoms with E-state index in [9.17, 15) is 33.6 Å². The van der Waals surface area contributed by atoms with E-state index in [0.29, 0.717) is 18.4 Å². The summed E-state index contributed by atoms with van der Waals surface area (Å²) in [4.78, 5) is 76.5. The Hall–Kier alpha value is -3.74. The molecule has 5 N–H and O–H groups in total. The van der Waals surface area contributed by atoms with E-state index in [4.69, 9.17) is 5.11 Å². The second-order valence-electron chi connectivity index (χ2n) is 6.14. The molecule has 1 aromatic rings. The van der Waals surface area contributed by atoms with Crippen molar-refractivity contribution >= 4 is 52.4 Å². The summed E-state index contributed by atoms with van der Waals surface area (Å²) in [5, 5.41) is 16.9. The van der Waals surface area contributed by atoms with Gasteiger partial charge in [0, 0.05) is 18.4 Å². The van der Waals surface area contributed by atoms with Crippen LogP contribution in [0.15, 0.2) is 30.3 Å². The number of thioether (sulfide) groups is 1. The van der Waals surface area contributed by atoms with Gasteiger partial charge in [0.05, 0.1) is 18.8 Å². The summed E-state index contributed by atoms with van der Waals surface area (Å²) in [6.07, 6.45) is 0.748. The Morgan fingerprint density at radius 3 is 1.78 bits per heavy atom. The average molecular weight is 466 g/mol. The highest BCUT2D eigenvalue weighted by molar-refractivity contribution is 8.14. The number of hydrogen-bond donors (Lipinski definition) is 5. The minimum atomic E-state index is -1.20. The molecule has 2 rings (SSSR count). The number of carboxylic acids is 1. The van der Waals surface area contributed by atoms with Crippen LogP contribution in [0.2, 0.25) is 0 Å². The van der Waals surface area contributed by atoms with Crippen LogP contribution in [0.1, 0.15) is 23.2 Å². The lowest BCUT2D eigenvalue weighted by molar-refractivity contribution is -0.138. The number of imide groups is 1. The predicted molar refractivity (Wildman–Crippen MR) is 112 cm³/mol. The zero-order valence-corrected chi connectivity index (χ0v) is 17.7. The van der Waals surface area contributed by atoms with Gasteiger partial charge in [0.1, 0.15) is 6.54 Å². The summed E-state index contributed by atoms with van der Waals surface area (Å²) < 4.78 is 0. The van der Waals surface area contributed by atoms with Gasteiger partial charge in [0.25, 0.3) is 0 Å². The zero-order chi connectivity index (χ0) is 23.9. The van der Waals surface area contributed by atoms with Gasteiger partial charge in [-0.05, 0) is 0 Å². The first-order valence-corrected chi connectivity index (χ1v) is 10.2. The summed E-state index contributed by atoms with van der Waals surface area (Å²) in [6.45, 7) is -1.30.